The molecular formula is C6H9BrO4. The highest BCUT2D eigenvalue weighted by atomic mass is 79.9. The van der Waals surface area contributed by atoms with E-state index in [-0.39, 0.29) is 5.33 Å². The molecule has 11 heavy (non-hydrogen) atoms. The molecule has 0 aromatic carbocycles. The maximum absolute atomic E-state index is 10.7. The van der Waals surface area contributed by atoms with E-state index in [4.69, 9.17) is 0 Å². The zero-order valence-corrected chi connectivity index (χ0v) is 7.88. The number of methoxy groups -OCH3 is 1. The smallest absolute Gasteiger partial charge is 0.348 e. The summed E-state index contributed by atoms with van der Waals surface area (Å²) in [5, 5.41) is 0.249. The average molecular weight is 225 g/mol. The molecule has 4 nitrogen and oxygen atoms in total. The van der Waals surface area contributed by atoms with Crippen molar-refractivity contribution < 1.29 is 19.1 Å². The summed E-state index contributed by atoms with van der Waals surface area (Å²) in [6.45, 7) is 1.23. The molecule has 0 aromatic heterocycles. The molecule has 0 aliphatic carbocycles. The van der Waals surface area contributed by atoms with Crippen LogP contribution in [0.1, 0.15) is 6.92 Å². The molecule has 0 aromatic rings. The van der Waals surface area contributed by atoms with E-state index in [0.717, 1.165) is 0 Å². The van der Waals surface area contributed by atoms with Crippen molar-refractivity contribution in [3.63, 3.8) is 0 Å². The second kappa shape index (κ2) is 5.12. The van der Waals surface area contributed by atoms with Gasteiger partial charge in [-0.1, -0.05) is 15.9 Å². The SMILES string of the molecule is COC(=O)C(CBr)OC(C)=O. The van der Waals surface area contributed by atoms with Crippen LogP contribution in [0.3, 0.4) is 0 Å². The van der Waals surface area contributed by atoms with Crippen molar-refractivity contribution in [2.24, 2.45) is 0 Å². The van der Waals surface area contributed by atoms with Crippen LogP contribution in [0.15, 0.2) is 0 Å². The Kier molecular flexibility index (Phi) is 4.85. The lowest BCUT2D eigenvalue weighted by Gasteiger charge is -2.10. The molecule has 0 amide bonds. The summed E-state index contributed by atoms with van der Waals surface area (Å²) in [6.07, 6.45) is -0.836. The van der Waals surface area contributed by atoms with Crippen molar-refractivity contribution in [2.75, 3.05) is 12.4 Å². The highest BCUT2D eigenvalue weighted by Crippen LogP contribution is 1.99. The van der Waals surface area contributed by atoms with Gasteiger partial charge in [0.05, 0.1) is 12.4 Å². The van der Waals surface area contributed by atoms with Crippen LogP contribution in [0, 0.1) is 0 Å². The summed E-state index contributed by atoms with van der Waals surface area (Å²) >= 11 is 3.01. The third kappa shape index (κ3) is 3.98. The van der Waals surface area contributed by atoms with Crippen LogP contribution in [-0.2, 0) is 19.1 Å². The van der Waals surface area contributed by atoms with Crippen molar-refractivity contribution in [3.05, 3.63) is 0 Å². The van der Waals surface area contributed by atoms with Gasteiger partial charge >= 0.3 is 11.9 Å². The van der Waals surface area contributed by atoms with Gasteiger partial charge < -0.3 is 9.47 Å². The Morgan fingerprint density at radius 2 is 2.09 bits per heavy atom. The summed E-state index contributed by atoms with van der Waals surface area (Å²) in [5.41, 5.74) is 0. The van der Waals surface area contributed by atoms with Gasteiger partial charge in [-0.2, -0.15) is 0 Å². The van der Waals surface area contributed by atoms with Gasteiger partial charge in [0, 0.05) is 6.92 Å². The molecule has 0 bridgehead atoms. The number of alkyl halides is 1. The third-order valence-corrected chi connectivity index (χ3v) is 1.50. The normalized spacial score (nSPS) is 11.9. The van der Waals surface area contributed by atoms with Crippen LogP contribution >= 0.6 is 15.9 Å². The van der Waals surface area contributed by atoms with Crippen LogP contribution in [0.4, 0.5) is 0 Å². The number of hydrogen-bond acceptors (Lipinski definition) is 4. The van der Waals surface area contributed by atoms with Crippen LogP contribution in [-0.4, -0.2) is 30.5 Å². The molecule has 0 fully saturated rings. The van der Waals surface area contributed by atoms with E-state index in [9.17, 15) is 9.59 Å². The zero-order chi connectivity index (χ0) is 8.85. The first-order chi connectivity index (χ1) is 5.11. The molecular weight excluding hydrogens is 216 g/mol. The number of esters is 2. The molecule has 5 heteroatoms. The van der Waals surface area contributed by atoms with Gasteiger partial charge in [-0.3, -0.25) is 4.79 Å². The Labute approximate surface area is 73.0 Å². The van der Waals surface area contributed by atoms with Crippen LogP contribution in [0.5, 0.6) is 0 Å². The lowest BCUT2D eigenvalue weighted by Crippen LogP contribution is -2.28. The second-order valence-corrected chi connectivity index (χ2v) is 2.42. The van der Waals surface area contributed by atoms with Gasteiger partial charge in [0.1, 0.15) is 0 Å². The van der Waals surface area contributed by atoms with E-state index in [0.29, 0.717) is 0 Å². The number of carbonyl (C=O) groups excluding carboxylic acids is 2. The molecule has 1 unspecified atom stereocenters. The van der Waals surface area contributed by atoms with Gasteiger partial charge in [-0.05, 0) is 0 Å². The molecule has 0 radical (unpaired) electrons. The Balaban J connectivity index is 3.94. The minimum atomic E-state index is -0.836. The van der Waals surface area contributed by atoms with E-state index < -0.39 is 18.0 Å². The van der Waals surface area contributed by atoms with E-state index in [2.05, 4.69) is 25.4 Å². The molecule has 0 aliphatic heterocycles. The second-order valence-electron chi connectivity index (χ2n) is 1.78. The van der Waals surface area contributed by atoms with Crippen molar-refractivity contribution in [1.82, 2.24) is 0 Å². The number of carbonyl (C=O) groups is 2. The van der Waals surface area contributed by atoms with Crippen LogP contribution in [0.25, 0.3) is 0 Å². The van der Waals surface area contributed by atoms with Crippen molar-refractivity contribution in [3.8, 4) is 0 Å². The van der Waals surface area contributed by atoms with Gasteiger partial charge in [-0.25, -0.2) is 4.79 Å². The number of halogens is 1. The fourth-order valence-corrected chi connectivity index (χ4v) is 0.871. The molecule has 64 valence electrons. The Morgan fingerprint density at radius 3 is 2.36 bits per heavy atom. The molecule has 1 atom stereocenters. The summed E-state index contributed by atoms with van der Waals surface area (Å²) < 4.78 is 8.95. The highest BCUT2D eigenvalue weighted by molar-refractivity contribution is 9.09. The van der Waals surface area contributed by atoms with E-state index in [1.165, 1.54) is 14.0 Å². The molecule has 0 saturated carbocycles. The summed E-state index contributed by atoms with van der Waals surface area (Å²) in [6, 6.07) is 0. The molecule has 0 heterocycles. The maximum atomic E-state index is 10.7. The van der Waals surface area contributed by atoms with E-state index in [1.807, 2.05) is 0 Å². The highest BCUT2D eigenvalue weighted by Gasteiger charge is 2.20. The van der Waals surface area contributed by atoms with Crippen molar-refractivity contribution >= 4 is 27.9 Å². The first-order valence-electron chi connectivity index (χ1n) is 2.92. The average Bonchev–Trinajstić information content (AvgIpc) is 1.98. The van der Waals surface area contributed by atoms with Crippen molar-refractivity contribution in [2.45, 2.75) is 13.0 Å². The van der Waals surface area contributed by atoms with Gasteiger partial charge in [0.25, 0.3) is 0 Å². The predicted octanol–water partition coefficient (Wildman–Crippen LogP) is 0.486. The molecule has 0 saturated heterocycles. The molecule has 0 rings (SSSR count). The molecule has 0 N–H and O–H groups in total. The quantitative estimate of drug-likeness (QED) is 0.518. The molecule has 0 spiro atoms. The minimum absolute atomic E-state index is 0.249. The Hall–Kier alpha value is -0.580. The largest absolute Gasteiger partial charge is 0.466 e. The summed E-state index contributed by atoms with van der Waals surface area (Å²) in [5.74, 6) is -1.06. The fraction of sp³-hybridized carbons (Fsp3) is 0.667. The Morgan fingerprint density at radius 1 is 1.55 bits per heavy atom. The first kappa shape index (κ1) is 10.4. The van der Waals surface area contributed by atoms with Gasteiger partial charge in [0.2, 0.25) is 6.10 Å². The lowest BCUT2D eigenvalue weighted by molar-refractivity contribution is -0.162. The van der Waals surface area contributed by atoms with Gasteiger partial charge in [0.15, 0.2) is 0 Å². The van der Waals surface area contributed by atoms with E-state index >= 15 is 0 Å². The lowest BCUT2D eigenvalue weighted by atomic mass is 10.4. The Bertz CT molecular complexity index is 157. The van der Waals surface area contributed by atoms with Gasteiger partial charge in [-0.15, -0.1) is 0 Å². The van der Waals surface area contributed by atoms with Crippen LogP contribution in [0.2, 0.25) is 0 Å². The number of ether oxygens (including phenoxy) is 2. The zero-order valence-electron chi connectivity index (χ0n) is 6.30. The summed E-state index contributed by atoms with van der Waals surface area (Å²) in [7, 11) is 1.24. The van der Waals surface area contributed by atoms with E-state index in [1.54, 1.807) is 0 Å². The topological polar surface area (TPSA) is 52.6 Å². The first-order valence-corrected chi connectivity index (χ1v) is 4.05. The standard InChI is InChI=1S/C6H9BrO4/c1-4(8)11-5(3-7)6(9)10-2/h5H,3H2,1-2H3. The predicted molar refractivity (Wildman–Crippen MR) is 41.4 cm³/mol. The number of hydrogen-bond donors (Lipinski definition) is 0. The molecule has 0 aliphatic rings. The monoisotopic (exact) mass is 224 g/mol. The summed E-state index contributed by atoms with van der Waals surface area (Å²) in [4.78, 5) is 21.1. The third-order valence-electron chi connectivity index (χ3n) is 0.912. The maximum Gasteiger partial charge on any atom is 0.348 e. The van der Waals surface area contributed by atoms with Crippen molar-refractivity contribution in [1.29, 1.82) is 0 Å². The minimum Gasteiger partial charge on any atom is -0.466 e. The fourth-order valence-electron chi connectivity index (χ4n) is 0.474. The number of rotatable bonds is 3. The van der Waals surface area contributed by atoms with Crippen LogP contribution < -0.4 is 0 Å².